The van der Waals surface area contributed by atoms with Gasteiger partial charge in [0.05, 0.1) is 0 Å². The van der Waals surface area contributed by atoms with E-state index in [0.717, 1.165) is 63.4 Å². The van der Waals surface area contributed by atoms with Gasteiger partial charge in [0.1, 0.15) is 18.6 Å². The molecular formula is C54H88N4O9. The predicted octanol–water partition coefficient (Wildman–Crippen LogP) is 8.40. The Bertz CT molecular complexity index is 1400. The molecule has 2 fully saturated rings. The molecule has 3 rings (SSSR count). The molecule has 0 aliphatic heterocycles. The lowest BCUT2D eigenvalue weighted by molar-refractivity contribution is -0.150. The summed E-state index contributed by atoms with van der Waals surface area (Å²) in [6, 6.07) is -0.796. The summed E-state index contributed by atoms with van der Waals surface area (Å²) in [5.41, 5.74) is 19.3. The Hall–Kier alpha value is -6.11. The van der Waals surface area contributed by atoms with Crippen LogP contribution in [0.2, 0.25) is 0 Å². The van der Waals surface area contributed by atoms with Gasteiger partial charge in [-0.3, -0.25) is 14.4 Å². The molecule has 2 saturated carbocycles. The van der Waals surface area contributed by atoms with Crippen LogP contribution in [-0.2, 0) is 33.5 Å². The highest BCUT2D eigenvalue weighted by atomic mass is 16.7. The summed E-state index contributed by atoms with van der Waals surface area (Å²) in [4.78, 5) is 47.0. The number of allylic oxidation sites excluding steroid dienone is 2. The number of carboxylic acid groups (broad SMARTS) is 2. The molecule has 13 heteroatoms. The van der Waals surface area contributed by atoms with Gasteiger partial charge in [0.25, 0.3) is 12.4 Å². The first-order valence-corrected chi connectivity index (χ1v) is 21.9. The quantitative estimate of drug-likeness (QED) is 0.0120. The van der Waals surface area contributed by atoms with E-state index in [-0.39, 0.29) is 30.2 Å². The van der Waals surface area contributed by atoms with Gasteiger partial charge in [0.2, 0.25) is 0 Å². The van der Waals surface area contributed by atoms with Crippen LogP contribution in [0.25, 0.3) is 0 Å². The van der Waals surface area contributed by atoms with E-state index in [4.69, 9.17) is 46.6 Å². The minimum absolute atomic E-state index is 0.0725. The average Bonchev–Trinajstić information content (AvgIpc) is 3.33. The number of oxime groups is 1. The molecule has 0 aromatic heterocycles. The van der Waals surface area contributed by atoms with Gasteiger partial charge in [-0.15, -0.1) is 89.9 Å². The van der Waals surface area contributed by atoms with Crippen molar-refractivity contribution < 1.29 is 43.7 Å². The highest BCUT2D eigenvalue weighted by Gasteiger charge is 2.53. The second kappa shape index (κ2) is 52.5. The van der Waals surface area contributed by atoms with Gasteiger partial charge in [-0.2, -0.15) is 0 Å². The number of rotatable bonds is 15. The van der Waals surface area contributed by atoms with E-state index >= 15 is 0 Å². The maximum Gasteiger partial charge on any atom is 0.351 e. The number of carbonyl (C=O) groups is 4. The number of nitrogens with two attached hydrogens (primary N) is 3. The number of carboxylic acids is 1. The van der Waals surface area contributed by atoms with E-state index in [1.165, 1.54) is 38.5 Å². The summed E-state index contributed by atoms with van der Waals surface area (Å²) in [5, 5.41) is 17.9. The van der Waals surface area contributed by atoms with Crippen molar-refractivity contribution in [1.29, 1.82) is 0 Å². The Morgan fingerprint density at radius 3 is 1.79 bits per heavy atom. The van der Waals surface area contributed by atoms with E-state index < -0.39 is 23.9 Å². The van der Waals surface area contributed by atoms with E-state index in [2.05, 4.69) is 147 Å². The maximum absolute atomic E-state index is 12.7. The van der Waals surface area contributed by atoms with Crippen molar-refractivity contribution in [1.82, 2.24) is 0 Å². The number of terminal acetylenes is 7. The Balaban J connectivity index is -0.000000196. The fourth-order valence-corrected chi connectivity index (χ4v) is 8.38. The zero-order valence-corrected chi connectivity index (χ0v) is 42.3. The zero-order valence-electron chi connectivity index (χ0n) is 42.3. The minimum Gasteiger partial charge on any atom is -0.483 e. The Kier molecular flexibility index (Phi) is 61.2. The largest absolute Gasteiger partial charge is 0.483 e. The molecule has 0 aromatic carbocycles. The molecule has 3 aliphatic carbocycles. The number of unbranched alkanes of at least 4 members (excludes halogenated alkanes) is 1. The number of methoxy groups -OCH3 is 1. The third-order valence-electron chi connectivity index (χ3n) is 11.2. The molecule has 0 saturated heterocycles. The van der Waals surface area contributed by atoms with Crippen LogP contribution in [0.15, 0.2) is 16.8 Å². The first kappa shape index (κ1) is 78.1. The van der Waals surface area contributed by atoms with Crippen LogP contribution in [0.3, 0.4) is 0 Å². The molecule has 0 heterocycles. The molecule has 5 unspecified atom stereocenters. The van der Waals surface area contributed by atoms with E-state index in [1.54, 1.807) is 12.7 Å². The molecule has 67 heavy (non-hydrogen) atoms. The molecule has 0 aromatic rings. The van der Waals surface area contributed by atoms with Gasteiger partial charge in [-0.1, -0.05) is 64.8 Å². The van der Waals surface area contributed by atoms with Crippen molar-refractivity contribution in [2.45, 2.75) is 151 Å². The third kappa shape index (κ3) is 35.8. The molecule has 0 radical (unpaired) electrons. The molecule has 0 bridgehead atoms. The van der Waals surface area contributed by atoms with Crippen molar-refractivity contribution in [2.24, 2.45) is 62.8 Å². The Morgan fingerprint density at radius 2 is 1.37 bits per heavy atom. The highest BCUT2D eigenvalue weighted by molar-refractivity contribution is 5.96. The number of ether oxygens (including phenoxy) is 2. The SMILES string of the molecule is C#C.C#C.C#C.C#C.C#C.C#C.C#C.CC(=O)O.CCOC.CC[C@@H](CC1CCC2C(=CCC3CC(CC(C)C)CC[C@@]32C)C1(C)C)OC(=O)C/C(N)=N/OC(=O)C(N)CCCCN.O=CO. The van der Waals surface area contributed by atoms with E-state index in [9.17, 15) is 9.59 Å². The molecule has 3 aliphatic rings. The first-order valence-electron chi connectivity index (χ1n) is 21.9. The van der Waals surface area contributed by atoms with Crippen molar-refractivity contribution in [3.8, 4) is 89.9 Å². The first-order chi connectivity index (χ1) is 31.9. The van der Waals surface area contributed by atoms with Crippen LogP contribution >= 0.6 is 0 Å². The van der Waals surface area contributed by atoms with Crippen LogP contribution in [-0.4, -0.2) is 72.8 Å². The van der Waals surface area contributed by atoms with Gasteiger partial charge in [0.15, 0.2) is 5.84 Å². The zero-order chi connectivity index (χ0) is 54.8. The van der Waals surface area contributed by atoms with Gasteiger partial charge in [-0.25, -0.2) is 4.79 Å². The predicted molar refractivity (Wildman–Crippen MR) is 278 cm³/mol. The third-order valence-corrected chi connectivity index (χ3v) is 11.2. The number of hydrogen-bond donors (Lipinski definition) is 5. The van der Waals surface area contributed by atoms with Crippen LogP contribution < -0.4 is 17.2 Å². The average molecular weight is 937 g/mol. The molecule has 13 nitrogen and oxygen atoms in total. The number of aliphatic carboxylic acids is 1. The van der Waals surface area contributed by atoms with E-state index in [1.807, 2.05) is 6.92 Å². The summed E-state index contributed by atoms with van der Waals surface area (Å²) in [5.74, 6) is 1.52. The number of fused-ring (bicyclic) bond motifs is 3. The van der Waals surface area contributed by atoms with Gasteiger partial charge < -0.3 is 41.7 Å². The van der Waals surface area contributed by atoms with Gasteiger partial charge in [-0.05, 0) is 125 Å². The number of amidine groups is 1. The molecule has 378 valence electrons. The lowest BCUT2D eigenvalue weighted by Gasteiger charge is -2.58. The lowest BCUT2D eigenvalue weighted by Crippen LogP contribution is -2.49. The summed E-state index contributed by atoms with van der Waals surface area (Å²) >= 11 is 0. The van der Waals surface area contributed by atoms with Crippen molar-refractivity contribution in [2.75, 3.05) is 20.3 Å². The van der Waals surface area contributed by atoms with Crippen molar-refractivity contribution in [3.63, 3.8) is 0 Å². The number of esters is 1. The fraction of sp³-hybridized carbons (Fsp3) is 0.611. The van der Waals surface area contributed by atoms with Crippen LogP contribution in [0.5, 0.6) is 0 Å². The van der Waals surface area contributed by atoms with E-state index in [0.29, 0.717) is 30.2 Å². The maximum atomic E-state index is 12.7. The second-order valence-electron chi connectivity index (χ2n) is 15.9. The number of nitrogens with zero attached hydrogens (tertiary/aromatic N) is 1. The summed E-state index contributed by atoms with van der Waals surface area (Å²) in [6.07, 6.45) is 70.8. The Morgan fingerprint density at radius 1 is 0.896 bits per heavy atom. The summed E-state index contributed by atoms with van der Waals surface area (Å²) in [7, 11) is 1.68. The fourth-order valence-electron chi connectivity index (χ4n) is 8.38. The van der Waals surface area contributed by atoms with Crippen LogP contribution in [0, 0.1) is 130 Å². The molecule has 8 N–H and O–H groups in total. The lowest BCUT2D eigenvalue weighted by atomic mass is 9.46. The standard InChI is InChI=1S/C34H60N4O4.C3H8O.C2H4O2.7C2H2.CH2O2/c1-7-26(41-31(39)21-30(37)38-42-32(40)29(36)10-8-9-17-35)20-24-11-14-28-27(33(24,4)5)13-12-25-19-23(18-22(2)3)15-16-34(25,28)6;1-3-4-2;1-2(3)4;7*1-2;2-1-3/h13,22-26,28-29H,7-12,14-21,35-36H2,1-6H3,(H2,37,38);3H2,1-2H3;1H3,(H,3,4);7*1-2H;1H,(H,2,3)/t23?,24?,25?,26-,28?,29?,34-;;;;;;;;;;/m0........../s1. The minimum atomic E-state index is -0.833. The normalized spacial score (nSPS) is 20.3. The highest BCUT2D eigenvalue weighted by Crippen LogP contribution is 2.63. The number of hydrogen-bond acceptors (Lipinski definition) is 10. The monoisotopic (exact) mass is 937 g/mol. The summed E-state index contributed by atoms with van der Waals surface area (Å²) in [6.45, 7) is 18.4. The van der Waals surface area contributed by atoms with Crippen molar-refractivity contribution >= 4 is 30.2 Å². The van der Waals surface area contributed by atoms with Crippen LogP contribution in [0.4, 0.5) is 0 Å². The molecule has 0 spiro atoms. The van der Waals surface area contributed by atoms with Crippen molar-refractivity contribution in [3.05, 3.63) is 11.6 Å². The smallest absolute Gasteiger partial charge is 0.351 e. The second-order valence-corrected chi connectivity index (χ2v) is 15.9. The van der Waals surface area contributed by atoms with Gasteiger partial charge >= 0.3 is 11.9 Å². The number of carbonyl (C=O) groups excluding carboxylic acids is 2. The topological polar surface area (TPSA) is 227 Å². The molecule has 0 amide bonds. The van der Waals surface area contributed by atoms with Gasteiger partial charge in [0, 0.05) is 20.6 Å². The van der Waals surface area contributed by atoms with Crippen LogP contribution in [0.1, 0.15) is 139 Å². The molecule has 7 atom stereocenters. The Labute approximate surface area is 408 Å². The summed E-state index contributed by atoms with van der Waals surface area (Å²) < 4.78 is 10.4. The molecular weight excluding hydrogens is 849 g/mol.